The summed E-state index contributed by atoms with van der Waals surface area (Å²) in [5, 5.41) is 0. The van der Waals surface area contributed by atoms with Gasteiger partial charge < -0.3 is 16.3 Å². The van der Waals surface area contributed by atoms with Gasteiger partial charge in [0.25, 0.3) is 0 Å². The van der Waals surface area contributed by atoms with Gasteiger partial charge in [-0.3, -0.25) is 0 Å². The second-order valence-corrected chi connectivity index (χ2v) is 2.93. The van der Waals surface area contributed by atoms with Gasteiger partial charge in [0, 0.05) is 6.42 Å². The number of hydrogen-bond acceptors (Lipinski definition) is 2. The highest BCUT2D eigenvalue weighted by Gasteiger charge is 1.93. The van der Waals surface area contributed by atoms with Crippen LogP contribution in [0.2, 0.25) is 0 Å². The van der Waals surface area contributed by atoms with E-state index in [2.05, 4.69) is 4.99 Å². The average molecular weight is 191 g/mol. The topological polar surface area (TPSA) is 81.5 Å². The fraction of sp³-hybridized carbons (Fsp3) is 0.200. The maximum atomic E-state index is 10.2. The summed E-state index contributed by atoms with van der Waals surface area (Å²) in [6.45, 7) is 0.476. The first-order valence-electron chi connectivity index (χ1n) is 4.29. The van der Waals surface area contributed by atoms with Crippen LogP contribution in [0.5, 0.6) is 0 Å². The minimum absolute atomic E-state index is 0.0852. The van der Waals surface area contributed by atoms with E-state index in [0.717, 1.165) is 17.4 Å². The first kappa shape index (κ1) is 10.2. The molecule has 0 bridgehead atoms. The fourth-order valence-electron chi connectivity index (χ4n) is 1.06. The summed E-state index contributed by atoms with van der Waals surface area (Å²) in [4.78, 5) is 14.1. The highest BCUT2D eigenvalue weighted by atomic mass is 16.1. The third-order valence-corrected chi connectivity index (χ3v) is 1.79. The molecule has 1 aromatic rings. The highest BCUT2D eigenvalue weighted by Crippen LogP contribution is 2.05. The van der Waals surface area contributed by atoms with Gasteiger partial charge in [-0.25, -0.2) is 4.99 Å². The highest BCUT2D eigenvalue weighted by molar-refractivity contribution is 5.75. The van der Waals surface area contributed by atoms with Crippen LogP contribution in [0.4, 0.5) is 0 Å². The smallest absolute Gasteiger partial charge is 0.186 e. The van der Waals surface area contributed by atoms with Gasteiger partial charge in [0.1, 0.15) is 6.29 Å². The largest absolute Gasteiger partial charge is 0.370 e. The lowest BCUT2D eigenvalue weighted by molar-refractivity contribution is -0.107. The Morgan fingerprint density at radius 3 is 2.29 bits per heavy atom. The van der Waals surface area contributed by atoms with Gasteiger partial charge in [-0.15, -0.1) is 0 Å². The fourth-order valence-corrected chi connectivity index (χ4v) is 1.06. The predicted octanol–water partition coefficient (Wildman–Crippen LogP) is 0.201. The minimum atomic E-state index is 0.0852. The number of hydrogen-bond donors (Lipinski definition) is 2. The van der Waals surface area contributed by atoms with Crippen LogP contribution < -0.4 is 11.5 Å². The zero-order valence-electron chi connectivity index (χ0n) is 7.81. The molecule has 4 N–H and O–H groups in total. The van der Waals surface area contributed by atoms with Crippen LogP contribution >= 0.6 is 0 Å². The molecule has 4 nitrogen and oxygen atoms in total. The number of aliphatic imine (C=N–C) groups is 1. The third-order valence-electron chi connectivity index (χ3n) is 1.79. The van der Waals surface area contributed by atoms with Gasteiger partial charge in [0.05, 0.1) is 6.54 Å². The Kier molecular flexibility index (Phi) is 3.67. The summed E-state index contributed by atoms with van der Waals surface area (Å²) in [7, 11) is 0. The van der Waals surface area contributed by atoms with Crippen LogP contribution in [0.3, 0.4) is 0 Å². The Bertz CT molecular complexity index is 326. The number of carbonyl (C=O) groups is 1. The molecule has 0 radical (unpaired) electrons. The number of benzene rings is 1. The van der Waals surface area contributed by atoms with E-state index in [1.165, 1.54) is 0 Å². The molecule has 0 spiro atoms. The normalized spacial score (nSPS) is 9.43. The van der Waals surface area contributed by atoms with Gasteiger partial charge in [0.2, 0.25) is 0 Å². The summed E-state index contributed by atoms with van der Waals surface area (Å²) >= 11 is 0. The second kappa shape index (κ2) is 5.01. The van der Waals surface area contributed by atoms with E-state index in [9.17, 15) is 4.79 Å². The lowest BCUT2D eigenvalue weighted by Crippen LogP contribution is -2.22. The van der Waals surface area contributed by atoms with E-state index in [0.29, 0.717) is 13.0 Å². The molecule has 0 amide bonds. The number of rotatable bonds is 4. The number of guanidine groups is 1. The third kappa shape index (κ3) is 3.26. The van der Waals surface area contributed by atoms with E-state index in [1.54, 1.807) is 0 Å². The number of nitrogens with zero attached hydrogens (tertiary/aromatic N) is 1. The van der Waals surface area contributed by atoms with Gasteiger partial charge in [-0.05, 0) is 11.1 Å². The van der Waals surface area contributed by atoms with E-state index in [4.69, 9.17) is 11.5 Å². The van der Waals surface area contributed by atoms with Crippen molar-refractivity contribution in [3.8, 4) is 0 Å². The molecule has 0 unspecified atom stereocenters. The van der Waals surface area contributed by atoms with Crippen LogP contribution in [-0.4, -0.2) is 12.2 Å². The van der Waals surface area contributed by atoms with Gasteiger partial charge in [-0.2, -0.15) is 0 Å². The summed E-state index contributed by atoms with van der Waals surface area (Å²) in [5.41, 5.74) is 12.4. The molecule has 0 aliphatic rings. The molecular weight excluding hydrogens is 178 g/mol. The summed E-state index contributed by atoms with van der Waals surface area (Å²) in [5.74, 6) is 0.0852. The van der Waals surface area contributed by atoms with Crippen molar-refractivity contribution < 1.29 is 4.79 Å². The molecule has 0 atom stereocenters. The van der Waals surface area contributed by atoms with Crippen molar-refractivity contribution in [2.75, 3.05) is 0 Å². The Balaban J connectivity index is 2.63. The van der Waals surface area contributed by atoms with Crippen molar-refractivity contribution in [2.45, 2.75) is 13.0 Å². The standard InChI is InChI=1S/C10H13N3O/c11-10(12)13-7-9-3-1-8(2-4-9)5-6-14/h1-4,6H,5,7H2,(H4,11,12,13). The first-order valence-corrected chi connectivity index (χ1v) is 4.29. The quantitative estimate of drug-likeness (QED) is 0.405. The van der Waals surface area contributed by atoms with Crippen molar-refractivity contribution in [3.63, 3.8) is 0 Å². The molecule has 1 rings (SSSR count). The Morgan fingerprint density at radius 1 is 1.21 bits per heavy atom. The van der Waals surface area contributed by atoms with Crippen molar-refractivity contribution in [2.24, 2.45) is 16.5 Å². The molecule has 1 aromatic carbocycles. The van der Waals surface area contributed by atoms with Crippen molar-refractivity contribution >= 4 is 12.2 Å². The maximum Gasteiger partial charge on any atom is 0.186 e. The van der Waals surface area contributed by atoms with Gasteiger partial charge >= 0.3 is 0 Å². The molecule has 0 saturated heterocycles. The zero-order valence-corrected chi connectivity index (χ0v) is 7.81. The van der Waals surface area contributed by atoms with E-state index in [-0.39, 0.29) is 5.96 Å². The van der Waals surface area contributed by atoms with E-state index < -0.39 is 0 Å². The van der Waals surface area contributed by atoms with Crippen LogP contribution in [0.1, 0.15) is 11.1 Å². The summed E-state index contributed by atoms with van der Waals surface area (Å²) in [6, 6.07) is 7.61. The second-order valence-electron chi connectivity index (χ2n) is 2.93. The Morgan fingerprint density at radius 2 is 1.79 bits per heavy atom. The Labute approximate surface area is 82.6 Å². The monoisotopic (exact) mass is 191 g/mol. The molecule has 74 valence electrons. The first-order chi connectivity index (χ1) is 6.72. The number of nitrogens with two attached hydrogens (primary N) is 2. The van der Waals surface area contributed by atoms with Crippen molar-refractivity contribution in [1.82, 2.24) is 0 Å². The van der Waals surface area contributed by atoms with Crippen LogP contribution in [-0.2, 0) is 17.8 Å². The average Bonchev–Trinajstić information content (AvgIpc) is 2.17. The van der Waals surface area contributed by atoms with Gasteiger partial charge in [-0.1, -0.05) is 24.3 Å². The lowest BCUT2D eigenvalue weighted by Gasteiger charge is -1.99. The molecule has 0 fully saturated rings. The SMILES string of the molecule is NC(N)=NCc1ccc(CC=O)cc1. The minimum Gasteiger partial charge on any atom is -0.370 e. The molecule has 0 aliphatic heterocycles. The molecule has 0 saturated carbocycles. The van der Waals surface area contributed by atoms with Crippen LogP contribution in [0.15, 0.2) is 29.3 Å². The van der Waals surface area contributed by atoms with Crippen LogP contribution in [0, 0.1) is 0 Å². The molecule has 0 aromatic heterocycles. The van der Waals surface area contributed by atoms with Crippen molar-refractivity contribution in [3.05, 3.63) is 35.4 Å². The molecule has 0 heterocycles. The molecule has 0 aliphatic carbocycles. The predicted molar refractivity (Wildman–Crippen MR) is 55.7 cm³/mol. The summed E-state index contributed by atoms with van der Waals surface area (Å²) < 4.78 is 0. The van der Waals surface area contributed by atoms with Crippen LogP contribution in [0.25, 0.3) is 0 Å². The van der Waals surface area contributed by atoms with Gasteiger partial charge in [0.15, 0.2) is 5.96 Å². The molecule has 4 heteroatoms. The van der Waals surface area contributed by atoms with E-state index in [1.807, 2.05) is 24.3 Å². The molecule has 14 heavy (non-hydrogen) atoms. The number of carbonyl (C=O) groups excluding carboxylic acids is 1. The number of aldehydes is 1. The lowest BCUT2D eigenvalue weighted by atomic mass is 10.1. The summed E-state index contributed by atoms with van der Waals surface area (Å²) in [6.07, 6.45) is 1.33. The van der Waals surface area contributed by atoms with Crippen molar-refractivity contribution in [1.29, 1.82) is 0 Å². The molecular formula is C10H13N3O. The van der Waals surface area contributed by atoms with E-state index >= 15 is 0 Å². The zero-order chi connectivity index (χ0) is 10.4. The maximum absolute atomic E-state index is 10.2. The Hall–Kier alpha value is -1.84.